The number of amides is 3. The van der Waals surface area contributed by atoms with Crippen LogP contribution in [0.5, 0.6) is 0 Å². The number of non-ortho nitro benzene ring substituents is 1. The molecule has 0 radical (unpaired) electrons. The fourth-order valence-corrected chi connectivity index (χ4v) is 5.79. The monoisotopic (exact) mass is 504 g/mol. The topological polar surface area (TPSA) is 147 Å². The number of thioether (sulfide) groups is 1. The van der Waals surface area contributed by atoms with E-state index < -0.39 is 39.2 Å². The van der Waals surface area contributed by atoms with E-state index in [1.807, 2.05) is 0 Å². The van der Waals surface area contributed by atoms with E-state index in [1.165, 1.54) is 54.6 Å². The number of nitro benzene ring substituents is 1. The number of hydrogen-bond donors (Lipinski definition) is 1. The highest BCUT2D eigenvalue weighted by Gasteiger charge is 2.42. The zero-order valence-corrected chi connectivity index (χ0v) is 18.8. The number of nitro groups is 1. The Hall–Kier alpha value is -3.62. The summed E-state index contributed by atoms with van der Waals surface area (Å²) in [5, 5.41) is 11.5. The Labute approximate surface area is 196 Å². The Balaban J connectivity index is 1.47. The Morgan fingerprint density at radius 2 is 1.79 bits per heavy atom. The molecule has 0 bridgehead atoms. The maximum Gasteiger partial charge on any atom is 0.285 e. The molecule has 4 rings (SSSR count). The number of fused-ring (bicyclic) bond motifs is 1. The average Bonchev–Trinajstić information content (AvgIpc) is 3.14. The summed E-state index contributed by atoms with van der Waals surface area (Å²) in [6.07, 6.45) is 1.44. The van der Waals surface area contributed by atoms with Crippen molar-refractivity contribution in [2.24, 2.45) is 0 Å². The number of carbonyl (C=O) groups is 3. The van der Waals surface area contributed by atoms with Crippen LogP contribution in [0.2, 0.25) is 0 Å². The van der Waals surface area contributed by atoms with Crippen LogP contribution in [0.1, 0.15) is 15.9 Å². The SMILES string of the molecule is O=C(CN1C(=O)c2ccccc2S1(=O)=O)NN1C(=O)/C(=C\c2ccc([N+](=O)[O-])cc2)SC1=S. The predicted molar refractivity (Wildman–Crippen MR) is 121 cm³/mol. The second-order valence-electron chi connectivity index (χ2n) is 6.71. The van der Waals surface area contributed by atoms with E-state index in [-0.39, 0.29) is 25.4 Å². The summed E-state index contributed by atoms with van der Waals surface area (Å²) in [4.78, 5) is 47.7. The lowest BCUT2D eigenvalue weighted by Crippen LogP contribution is -2.49. The molecule has 168 valence electrons. The lowest BCUT2D eigenvalue weighted by atomic mass is 10.2. The van der Waals surface area contributed by atoms with Gasteiger partial charge in [0, 0.05) is 12.1 Å². The van der Waals surface area contributed by atoms with Crippen LogP contribution in [0.15, 0.2) is 58.3 Å². The number of nitrogens with zero attached hydrogens (tertiary/aromatic N) is 3. The number of thiocarbonyl (C=S) groups is 1. The molecule has 0 unspecified atom stereocenters. The lowest BCUT2D eigenvalue weighted by molar-refractivity contribution is -0.384. The molecule has 0 aliphatic carbocycles. The molecule has 2 aliphatic heterocycles. The summed E-state index contributed by atoms with van der Waals surface area (Å²) >= 11 is 6.00. The van der Waals surface area contributed by atoms with Gasteiger partial charge in [0.1, 0.15) is 11.4 Å². The van der Waals surface area contributed by atoms with Crippen LogP contribution in [0.4, 0.5) is 5.69 Å². The average molecular weight is 505 g/mol. The third-order valence-corrected chi connectivity index (χ3v) is 7.72. The predicted octanol–water partition coefficient (Wildman–Crippen LogP) is 1.67. The number of sulfonamides is 1. The standard InChI is InChI=1S/C19H12N4O7S3/c24-16(10-21-17(25)13-3-1-2-4-15(13)33(21,29)30)20-22-18(26)14(32-19(22)31)9-11-5-7-12(8-6-11)23(27)28/h1-9H,10H2,(H,20,24)/b14-9+. The molecule has 2 aromatic rings. The van der Waals surface area contributed by atoms with Crippen molar-refractivity contribution >= 4 is 67.8 Å². The number of rotatable bonds is 5. The Kier molecular flexibility index (Phi) is 5.73. The van der Waals surface area contributed by atoms with Crippen LogP contribution in [-0.2, 0) is 19.6 Å². The molecule has 2 aliphatic rings. The molecule has 1 fully saturated rings. The molecule has 0 spiro atoms. The molecule has 2 aromatic carbocycles. The van der Waals surface area contributed by atoms with Gasteiger partial charge in [-0.25, -0.2) is 12.7 Å². The molecule has 1 saturated heterocycles. The summed E-state index contributed by atoms with van der Waals surface area (Å²) in [6, 6.07) is 11.0. The molecular formula is C19H12N4O7S3. The summed E-state index contributed by atoms with van der Waals surface area (Å²) in [5.74, 6) is -2.45. The van der Waals surface area contributed by atoms with Crippen molar-refractivity contribution in [3.8, 4) is 0 Å². The highest BCUT2D eigenvalue weighted by Crippen LogP contribution is 2.32. The Morgan fingerprint density at radius 3 is 2.42 bits per heavy atom. The van der Waals surface area contributed by atoms with Crippen molar-refractivity contribution in [1.82, 2.24) is 14.7 Å². The molecule has 0 aromatic heterocycles. The molecular weight excluding hydrogens is 492 g/mol. The van der Waals surface area contributed by atoms with E-state index in [9.17, 15) is 32.9 Å². The van der Waals surface area contributed by atoms with Gasteiger partial charge in [0.2, 0.25) is 0 Å². The first-order valence-corrected chi connectivity index (χ1v) is 11.7. The number of hydrazine groups is 1. The molecule has 33 heavy (non-hydrogen) atoms. The number of hydrogen-bond acceptors (Lipinski definition) is 9. The van der Waals surface area contributed by atoms with Gasteiger partial charge in [0.15, 0.2) is 4.32 Å². The summed E-state index contributed by atoms with van der Waals surface area (Å²) in [5.41, 5.74) is 2.57. The highest BCUT2D eigenvalue weighted by atomic mass is 32.2. The minimum Gasteiger partial charge on any atom is -0.271 e. The van der Waals surface area contributed by atoms with E-state index in [4.69, 9.17) is 12.2 Å². The van der Waals surface area contributed by atoms with Gasteiger partial charge >= 0.3 is 0 Å². The van der Waals surface area contributed by atoms with Gasteiger partial charge in [-0.1, -0.05) is 23.9 Å². The molecule has 0 saturated carbocycles. The van der Waals surface area contributed by atoms with E-state index >= 15 is 0 Å². The van der Waals surface area contributed by atoms with Gasteiger partial charge in [-0.3, -0.25) is 29.9 Å². The van der Waals surface area contributed by atoms with Crippen LogP contribution in [-0.4, -0.2) is 51.2 Å². The van der Waals surface area contributed by atoms with Gasteiger partial charge in [-0.2, -0.15) is 5.01 Å². The zero-order valence-electron chi connectivity index (χ0n) is 16.3. The van der Waals surface area contributed by atoms with E-state index in [0.29, 0.717) is 9.87 Å². The minimum atomic E-state index is -4.19. The second-order valence-corrected chi connectivity index (χ2v) is 10.2. The minimum absolute atomic E-state index is 0.0135. The Bertz CT molecular complexity index is 1370. The first-order chi connectivity index (χ1) is 15.6. The zero-order chi connectivity index (χ0) is 23.9. The van der Waals surface area contributed by atoms with Crippen molar-refractivity contribution in [1.29, 1.82) is 0 Å². The van der Waals surface area contributed by atoms with Gasteiger partial charge in [0.25, 0.3) is 33.4 Å². The van der Waals surface area contributed by atoms with Crippen LogP contribution in [0.25, 0.3) is 6.08 Å². The first-order valence-electron chi connectivity index (χ1n) is 9.07. The molecule has 2 heterocycles. The van der Waals surface area contributed by atoms with Crippen molar-refractivity contribution < 1.29 is 27.7 Å². The molecule has 11 nitrogen and oxygen atoms in total. The summed E-state index contributed by atoms with van der Waals surface area (Å²) in [7, 11) is -4.19. The summed E-state index contributed by atoms with van der Waals surface area (Å²) < 4.78 is 25.6. The first kappa shape index (κ1) is 22.6. The van der Waals surface area contributed by atoms with Crippen LogP contribution < -0.4 is 5.43 Å². The number of benzene rings is 2. The van der Waals surface area contributed by atoms with Crippen molar-refractivity contribution in [2.45, 2.75) is 4.90 Å². The fourth-order valence-electron chi connectivity index (χ4n) is 3.09. The van der Waals surface area contributed by atoms with Gasteiger partial charge < -0.3 is 0 Å². The quantitative estimate of drug-likeness (QED) is 0.278. The van der Waals surface area contributed by atoms with Crippen LogP contribution in [0, 0.1) is 10.1 Å². The summed E-state index contributed by atoms with van der Waals surface area (Å²) in [6.45, 7) is -0.839. The van der Waals surface area contributed by atoms with Crippen molar-refractivity contribution in [3.05, 3.63) is 74.7 Å². The fraction of sp³-hybridized carbons (Fsp3) is 0.0526. The third-order valence-electron chi connectivity index (χ3n) is 4.63. The van der Waals surface area contributed by atoms with E-state index in [1.54, 1.807) is 0 Å². The normalized spacial score (nSPS) is 18.1. The van der Waals surface area contributed by atoms with Crippen LogP contribution in [0.3, 0.4) is 0 Å². The Morgan fingerprint density at radius 1 is 1.12 bits per heavy atom. The number of carbonyl (C=O) groups excluding carboxylic acids is 3. The van der Waals surface area contributed by atoms with E-state index in [2.05, 4.69) is 5.43 Å². The third kappa shape index (κ3) is 4.10. The van der Waals surface area contributed by atoms with Crippen LogP contribution >= 0.6 is 24.0 Å². The molecule has 3 amide bonds. The second kappa shape index (κ2) is 8.38. The smallest absolute Gasteiger partial charge is 0.271 e. The van der Waals surface area contributed by atoms with E-state index in [0.717, 1.165) is 16.8 Å². The van der Waals surface area contributed by atoms with Crippen molar-refractivity contribution in [3.63, 3.8) is 0 Å². The van der Waals surface area contributed by atoms with Gasteiger partial charge in [0.05, 0.1) is 15.4 Å². The van der Waals surface area contributed by atoms with Gasteiger partial charge in [-0.05, 0) is 48.1 Å². The molecule has 14 heteroatoms. The number of nitrogens with one attached hydrogen (secondary N) is 1. The lowest BCUT2D eigenvalue weighted by Gasteiger charge is -2.19. The molecule has 1 N–H and O–H groups in total. The van der Waals surface area contributed by atoms with Crippen molar-refractivity contribution in [2.75, 3.05) is 6.54 Å². The maximum absolute atomic E-state index is 12.7. The van der Waals surface area contributed by atoms with Gasteiger partial charge in [-0.15, -0.1) is 0 Å². The largest absolute Gasteiger partial charge is 0.285 e. The highest BCUT2D eigenvalue weighted by molar-refractivity contribution is 8.26. The molecule has 0 atom stereocenters. The maximum atomic E-state index is 12.7.